The van der Waals surface area contributed by atoms with E-state index in [4.69, 9.17) is 0 Å². The van der Waals surface area contributed by atoms with E-state index < -0.39 is 11.2 Å². The summed E-state index contributed by atoms with van der Waals surface area (Å²) in [6, 6.07) is 2.28. The van der Waals surface area contributed by atoms with Crippen molar-refractivity contribution >= 4 is 0 Å². The Balaban J connectivity index is 3.42. The van der Waals surface area contributed by atoms with Crippen LogP contribution in [0.2, 0.25) is 0 Å². The maximum absolute atomic E-state index is 10.5. The minimum atomic E-state index is -0.521. The van der Waals surface area contributed by atoms with Crippen LogP contribution in [0.4, 0.5) is 0 Å². The van der Waals surface area contributed by atoms with Gasteiger partial charge in [-0.15, -0.1) is 0 Å². The molecule has 0 fully saturated rings. The molecular weight excluding hydrogens is 118 g/mol. The molecular formula is C6H4NO2-. The fourth-order valence-corrected chi connectivity index (χ4v) is 0.435. The van der Waals surface area contributed by atoms with Crippen LogP contribution in [0.25, 0.3) is 0 Å². The third kappa shape index (κ3) is 1.25. The lowest BCUT2D eigenvalue weighted by atomic mass is 10.5. The average Bonchev–Trinajstić information content (AvgIpc) is 1.99. The molecule has 0 aliphatic heterocycles. The fraction of sp³-hybridized carbons (Fsp3) is 0. The smallest absolute Gasteiger partial charge is 0.172 e. The first kappa shape index (κ1) is 5.75. The molecule has 9 heavy (non-hydrogen) atoms. The van der Waals surface area contributed by atoms with E-state index in [-0.39, 0.29) is 0 Å². The number of hydrogen-bond acceptors (Lipinski definition) is 3. The van der Waals surface area contributed by atoms with Crippen molar-refractivity contribution in [1.82, 2.24) is 4.98 Å². The van der Waals surface area contributed by atoms with E-state index in [1.807, 2.05) is 0 Å². The van der Waals surface area contributed by atoms with E-state index in [1.165, 1.54) is 12.4 Å². The summed E-state index contributed by atoms with van der Waals surface area (Å²) in [5.74, 6) is -0.521. The summed E-state index contributed by atoms with van der Waals surface area (Å²) in [5, 5.41) is 10.5. The Morgan fingerprint density at radius 3 is 2.78 bits per heavy atom. The van der Waals surface area contributed by atoms with E-state index in [0.29, 0.717) is 0 Å². The van der Waals surface area contributed by atoms with Crippen molar-refractivity contribution in [3.05, 3.63) is 34.7 Å². The van der Waals surface area contributed by atoms with Gasteiger partial charge in [-0.2, -0.15) is 0 Å². The van der Waals surface area contributed by atoms with Crippen LogP contribution in [0.3, 0.4) is 0 Å². The van der Waals surface area contributed by atoms with Gasteiger partial charge in [0.25, 0.3) is 0 Å². The lowest BCUT2D eigenvalue weighted by Crippen LogP contribution is -2.03. The molecule has 46 valence electrons. The zero-order chi connectivity index (χ0) is 6.69. The predicted octanol–water partition coefficient (Wildman–Crippen LogP) is -0.485. The van der Waals surface area contributed by atoms with Gasteiger partial charge in [0.15, 0.2) is 5.43 Å². The van der Waals surface area contributed by atoms with E-state index in [2.05, 4.69) is 4.98 Å². The first-order valence-corrected chi connectivity index (χ1v) is 2.42. The highest BCUT2D eigenvalue weighted by Gasteiger charge is 1.77. The molecule has 0 aliphatic carbocycles. The molecule has 0 spiro atoms. The van der Waals surface area contributed by atoms with Gasteiger partial charge in [0.2, 0.25) is 0 Å². The van der Waals surface area contributed by atoms with E-state index in [9.17, 15) is 9.90 Å². The molecule has 0 saturated heterocycles. The molecule has 0 amide bonds. The lowest BCUT2D eigenvalue weighted by molar-refractivity contribution is -0.269. The molecule has 1 rings (SSSR count). The summed E-state index contributed by atoms with van der Waals surface area (Å²) in [7, 11) is 0. The van der Waals surface area contributed by atoms with Gasteiger partial charge in [-0.3, -0.25) is 9.78 Å². The Kier molecular flexibility index (Phi) is 1.44. The number of nitrogens with zero attached hydrogens (tertiary/aromatic N) is 1. The highest BCUT2D eigenvalue weighted by molar-refractivity contribution is 5.13. The van der Waals surface area contributed by atoms with Crippen molar-refractivity contribution in [3.63, 3.8) is 0 Å². The van der Waals surface area contributed by atoms with Gasteiger partial charge in [-0.25, -0.2) is 0 Å². The number of rotatable bonds is 0. The molecule has 3 nitrogen and oxygen atoms in total. The molecule has 0 N–H and O–H groups in total. The Bertz CT molecular complexity index is 259. The molecule has 0 unspecified atom stereocenters. The SMILES string of the molecule is O=c1ccnccc1[O-]. The molecule has 0 bridgehead atoms. The van der Waals surface area contributed by atoms with Crippen molar-refractivity contribution in [1.29, 1.82) is 0 Å². The van der Waals surface area contributed by atoms with Crippen LogP contribution < -0.4 is 10.5 Å². The summed E-state index contributed by atoms with van der Waals surface area (Å²) in [6.45, 7) is 0. The Labute approximate surface area is 51.6 Å². The van der Waals surface area contributed by atoms with Crippen LogP contribution in [-0.4, -0.2) is 4.98 Å². The van der Waals surface area contributed by atoms with Gasteiger partial charge in [0, 0.05) is 18.5 Å². The first-order valence-electron chi connectivity index (χ1n) is 2.42. The second kappa shape index (κ2) is 2.26. The van der Waals surface area contributed by atoms with Crippen molar-refractivity contribution in [2.24, 2.45) is 0 Å². The number of aromatic nitrogens is 1. The fourth-order valence-electron chi connectivity index (χ4n) is 0.435. The second-order valence-electron chi connectivity index (χ2n) is 1.51. The number of hydrogen-bond donors (Lipinski definition) is 0. The summed E-state index contributed by atoms with van der Waals surface area (Å²) < 4.78 is 0. The van der Waals surface area contributed by atoms with Gasteiger partial charge < -0.3 is 5.11 Å². The van der Waals surface area contributed by atoms with E-state index in [0.717, 1.165) is 12.1 Å². The molecule has 0 aliphatic rings. The van der Waals surface area contributed by atoms with Crippen molar-refractivity contribution < 1.29 is 5.11 Å². The zero-order valence-electron chi connectivity index (χ0n) is 4.57. The molecule has 1 aromatic heterocycles. The maximum Gasteiger partial charge on any atom is 0.172 e. The Morgan fingerprint density at radius 1 is 1.33 bits per heavy atom. The third-order valence-corrected chi connectivity index (χ3v) is 0.867. The molecule has 3 heteroatoms. The molecule has 1 heterocycles. The zero-order valence-corrected chi connectivity index (χ0v) is 4.57. The van der Waals surface area contributed by atoms with E-state index in [1.54, 1.807) is 0 Å². The van der Waals surface area contributed by atoms with Crippen LogP contribution in [0.1, 0.15) is 0 Å². The van der Waals surface area contributed by atoms with Crippen LogP contribution in [0.15, 0.2) is 29.3 Å². The van der Waals surface area contributed by atoms with Crippen molar-refractivity contribution in [2.75, 3.05) is 0 Å². The summed E-state index contributed by atoms with van der Waals surface area (Å²) >= 11 is 0. The van der Waals surface area contributed by atoms with Gasteiger partial charge in [0.1, 0.15) is 0 Å². The minimum Gasteiger partial charge on any atom is -0.870 e. The van der Waals surface area contributed by atoms with Crippen LogP contribution in [0.5, 0.6) is 5.75 Å². The second-order valence-corrected chi connectivity index (χ2v) is 1.51. The quantitative estimate of drug-likeness (QED) is 0.466. The Morgan fingerprint density at radius 2 is 2.00 bits per heavy atom. The normalized spacial score (nSPS) is 8.89. The monoisotopic (exact) mass is 122 g/mol. The summed E-state index contributed by atoms with van der Waals surface area (Å²) in [5.41, 5.74) is -0.521. The van der Waals surface area contributed by atoms with E-state index >= 15 is 0 Å². The topological polar surface area (TPSA) is 53.0 Å². The summed E-state index contributed by atoms with van der Waals surface area (Å²) in [6.07, 6.45) is 2.59. The maximum atomic E-state index is 10.5. The van der Waals surface area contributed by atoms with Gasteiger partial charge in [0.05, 0.1) is 0 Å². The molecule has 0 aromatic carbocycles. The van der Waals surface area contributed by atoms with Gasteiger partial charge in [-0.1, -0.05) is 5.75 Å². The summed E-state index contributed by atoms with van der Waals surface area (Å²) in [4.78, 5) is 14.0. The minimum absolute atomic E-state index is 0.521. The average molecular weight is 122 g/mol. The van der Waals surface area contributed by atoms with Crippen LogP contribution >= 0.6 is 0 Å². The third-order valence-electron chi connectivity index (χ3n) is 0.867. The standard InChI is InChI=1S/C6H5NO2/c8-5-1-3-7-4-2-6(5)9/h1-4H,(H,8,9)/p-1. The predicted molar refractivity (Wildman–Crippen MR) is 30.0 cm³/mol. The lowest BCUT2D eigenvalue weighted by Gasteiger charge is -1.93. The largest absolute Gasteiger partial charge is 0.870 e. The first-order chi connectivity index (χ1) is 4.30. The van der Waals surface area contributed by atoms with Crippen LogP contribution in [-0.2, 0) is 0 Å². The highest BCUT2D eigenvalue weighted by atomic mass is 16.3. The molecule has 0 atom stereocenters. The van der Waals surface area contributed by atoms with Crippen LogP contribution in [0, 0.1) is 0 Å². The Hall–Kier alpha value is -1.38. The molecule has 0 radical (unpaired) electrons. The molecule has 0 saturated carbocycles. The highest BCUT2D eigenvalue weighted by Crippen LogP contribution is 1.86. The van der Waals surface area contributed by atoms with Gasteiger partial charge in [-0.05, 0) is 6.07 Å². The molecule has 1 aromatic rings. The van der Waals surface area contributed by atoms with Gasteiger partial charge >= 0.3 is 0 Å². The van der Waals surface area contributed by atoms with Crippen molar-refractivity contribution in [3.8, 4) is 5.75 Å². The van der Waals surface area contributed by atoms with Crippen molar-refractivity contribution in [2.45, 2.75) is 0 Å².